The number of carbonyl (C=O) groups is 1. The van der Waals surface area contributed by atoms with Gasteiger partial charge in [-0.25, -0.2) is 0 Å². The number of carbonyl (C=O) groups excluding carboxylic acids is 1. The highest BCUT2D eigenvalue weighted by Gasteiger charge is 2.44. The molecule has 1 aliphatic heterocycles. The summed E-state index contributed by atoms with van der Waals surface area (Å²) in [6.07, 6.45) is -5.28. The Morgan fingerprint density at radius 2 is 2.16 bits per heavy atom. The molecule has 1 atom stereocenters. The van der Waals surface area contributed by atoms with Gasteiger partial charge in [-0.05, 0) is 6.07 Å². The second-order valence-corrected chi connectivity index (χ2v) is 4.09. The summed E-state index contributed by atoms with van der Waals surface area (Å²) in [5.74, 6) is -0.561. The first-order valence-corrected chi connectivity index (χ1v) is 5.54. The fraction of sp³-hybridized carbons (Fsp3) is 0.455. The molecule has 8 heteroatoms. The summed E-state index contributed by atoms with van der Waals surface area (Å²) in [6, 6.07) is 2.42. The number of ether oxygens (including phenoxy) is 1. The minimum Gasteiger partial charge on any atom is -0.365 e. The van der Waals surface area contributed by atoms with E-state index in [-0.39, 0.29) is 24.3 Å². The first-order valence-electron chi connectivity index (χ1n) is 5.54. The Hall–Kier alpha value is -1.83. The summed E-state index contributed by atoms with van der Waals surface area (Å²) in [5, 5.41) is 0. The van der Waals surface area contributed by atoms with Crippen molar-refractivity contribution in [2.45, 2.75) is 12.3 Å². The number of halogens is 3. The van der Waals surface area contributed by atoms with Gasteiger partial charge < -0.3 is 14.6 Å². The van der Waals surface area contributed by atoms with Gasteiger partial charge in [-0.3, -0.25) is 9.59 Å². The van der Waals surface area contributed by atoms with Gasteiger partial charge in [0.05, 0.1) is 18.7 Å². The van der Waals surface area contributed by atoms with Crippen molar-refractivity contribution in [1.82, 2.24) is 9.88 Å². The zero-order valence-corrected chi connectivity index (χ0v) is 9.74. The molecule has 0 bridgehead atoms. The number of hydrogen-bond donors (Lipinski definition) is 1. The summed E-state index contributed by atoms with van der Waals surface area (Å²) in [4.78, 5) is 26.2. The van der Waals surface area contributed by atoms with Crippen molar-refractivity contribution in [1.29, 1.82) is 0 Å². The monoisotopic (exact) mass is 276 g/mol. The molecule has 2 heterocycles. The third-order valence-corrected chi connectivity index (χ3v) is 2.75. The molecular formula is C11H11F3N2O3. The number of H-pyrrole nitrogens is 1. The van der Waals surface area contributed by atoms with Crippen LogP contribution in [-0.4, -0.2) is 47.8 Å². The van der Waals surface area contributed by atoms with Crippen LogP contribution >= 0.6 is 0 Å². The number of aromatic amines is 1. The van der Waals surface area contributed by atoms with Crippen molar-refractivity contribution in [2.24, 2.45) is 0 Å². The molecule has 1 amide bonds. The third-order valence-electron chi connectivity index (χ3n) is 2.75. The second kappa shape index (κ2) is 5.04. The van der Waals surface area contributed by atoms with Crippen molar-refractivity contribution in [3.8, 4) is 0 Å². The summed E-state index contributed by atoms with van der Waals surface area (Å²) in [6.45, 7) is -0.620. The predicted molar refractivity (Wildman–Crippen MR) is 58.8 cm³/mol. The van der Waals surface area contributed by atoms with Crippen molar-refractivity contribution in [2.75, 3.05) is 19.7 Å². The van der Waals surface area contributed by atoms with Crippen molar-refractivity contribution in [3.63, 3.8) is 0 Å². The van der Waals surface area contributed by atoms with Gasteiger partial charge in [-0.15, -0.1) is 0 Å². The molecule has 1 N–H and O–H groups in total. The average molecular weight is 276 g/mol. The van der Waals surface area contributed by atoms with Crippen LogP contribution in [0, 0.1) is 0 Å². The number of nitrogens with one attached hydrogen (secondary N) is 1. The van der Waals surface area contributed by atoms with E-state index >= 15 is 0 Å². The van der Waals surface area contributed by atoms with Crippen LogP contribution in [0.1, 0.15) is 10.4 Å². The summed E-state index contributed by atoms with van der Waals surface area (Å²) < 4.78 is 42.2. The highest BCUT2D eigenvalue weighted by molar-refractivity contribution is 5.93. The second-order valence-electron chi connectivity index (χ2n) is 4.09. The lowest BCUT2D eigenvalue weighted by molar-refractivity contribution is -0.233. The molecule has 1 fully saturated rings. The molecule has 2 rings (SSSR count). The number of rotatable bonds is 1. The van der Waals surface area contributed by atoms with E-state index < -0.39 is 24.7 Å². The molecule has 1 aliphatic rings. The summed E-state index contributed by atoms with van der Waals surface area (Å²) >= 11 is 0. The Kier molecular flexibility index (Phi) is 3.61. The molecule has 0 radical (unpaired) electrons. The smallest absolute Gasteiger partial charge is 0.365 e. The SMILES string of the molecule is O=C(c1ccc(=O)[nH]c1)N1CCO[C@@H](C(F)(F)F)C1. The molecule has 19 heavy (non-hydrogen) atoms. The molecule has 0 saturated carbocycles. The van der Waals surface area contributed by atoms with Crippen LogP contribution in [0.3, 0.4) is 0 Å². The van der Waals surface area contributed by atoms with Crippen LogP contribution in [0.2, 0.25) is 0 Å². The first kappa shape index (κ1) is 13.6. The standard InChI is InChI=1S/C11H11F3N2O3/c12-11(13,14)8-6-16(3-4-19-8)10(18)7-1-2-9(17)15-5-7/h1-2,5,8H,3-4,6H2,(H,15,17)/t8-/m1/s1. The number of morpholine rings is 1. The van der Waals surface area contributed by atoms with E-state index in [1.165, 1.54) is 12.3 Å². The fourth-order valence-corrected chi connectivity index (χ4v) is 1.76. The Bertz CT molecular complexity index is 506. The Labute approximate surface area is 106 Å². The Balaban J connectivity index is 2.11. The van der Waals surface area contributed by atoms with E-state index in [4.69, 9.17) is 0 Å². The van der Waals surface area contributed by atoms with Crippen LogP contribution in [-0.2, 0) is 4.74 Å². The summed E-state index contributed by atoms with van der Waals surface area (Å²) in [5.41, 5.74) is -0.242. The first-order chi connectivity index (χ1) is 8.88. The van der Waals surface area contributed by atoms with E-state index in [2.05, 4.69) is 9.72 Å². The maximum absolute atomic E-state index is 12.5. The molecule has 104 valence electrons. The number of pyridine rings is 1. The normalized spacial score (nSPS) is 20.4. The predicted octanol–water partition coefficient (Wildman–Crippen LogP) is 0.778. The lowest BCUT2D eigenvalue weighted by Crippen LogP contribution is -2.51. The lowest BCUT2D eigenvalue weighted by atomic mass is 10.2. The van der Waals surface area contributed by atoms with Crippen molar-refractivity contribution >= 4 is 5.91 Å². The molecule has 1 aromatic rings. The number of alkyl halides is 3. The largest absolute Gasteiger partial charge is 0.416 e. The van der Waals surface area contributed by atoms with Gasteiger partial charge in [-0.2, -0.15) is 13.2 Å². The maximum atomic E-state index is 12.5. The molecule has 1 saturated heterocycles. The third kappa shape index (κ3) is 3.14. The molecule has 0 aliphatic carbocycles. The van der Waals surface area contributed by atoms with Crippen LogP contribution in [0.5, 0.6) is 0 Å². The van der Waals surface area contributed by atoms with E-state index in [0.29, 0.717) is 0 Å². The van der Waals surface area contributed by atoms with Gasteiger partial charge in [-0.1, -0.05) is 0 Å². The van der Waals surface area contributed by atoms with Crippen molar-refractivity contribution in [3.05, 3.63) is 34.2 Å². The number of aromatic nitrogens is 1. The summed E-state index contributed by atoms with van der Waals surface area (Å²) in [7, 11) is 0. The minimum atomic E-state index is -4.50. The number of amides is 1. The topological polar surface area (TPSA) is 62.4 Å². The highest BCUT2D eigenvalue weighted by Crippen LogP contribution is 2.26. The van der Waals surface area contributed by atoms with Gasteiger partial charge in [0.1, 0.15) is 0 Å². The molecule has 1 aromatic heterocycles. The quantitative estimate of drug-likeness (QED) is 0.824. The molecule has 0 aromatic carbocycles. The van der Waals surface area contributed by atoms with E-state index in [0.717, 1.165) is 11.0 Å². The lowest BCUT2D eigenvalue weighted by Gasteiger charge is -2.33. The van der Waals surface area contributed by atoms with E-state index in [1.807, 2.05) is 0 Å². The Morgan fingerprint density at radius 1 is 1.42 bits per heavy atom. The van der Waals surface area contributed by atoms with Crippen LogP contribution in [0.25, 0.3) is 0 Å². The van der Waals surface area contributed by atoms with Gasteiger partial charge in [0.2, 0.25) is 5.56 Å². The maximum Gasteiger partial charge on any atom is 0.416 e. The fourth-order valence-electron chi connectivity index (χ4n) is 1.76. The zero-order valence-electron chi connectivity index (χ0n) is 9.74. The molecule has 0 spiro atoms. The average Bonchev–Trinajstić information content (AvgIpc) is 2.38. The minimum absolute atomic E-state index is 0.0878. The Morgan fingerprint density at radius 3 is 2.74 bits per heavy atom. The van der Waals surface area contributed by atoms with E-state index in [1.54, 1.807) is 0 Å². The molecular weight excluding hydrogens is 265 g/mol. The van der Waals surface area contributed by atoms with Crippen LogP contribution < -0.4 is 5.56 Å². The van der Waals surface area contributed by atoms with Crippen LogP contribution in [0.15, 0.2) is 23.1 Å². The van der Waals surface area contributed by atoms with Gasteiger partial charge >= 0.3 is 6.18 Å². The van der Waals surface area contributed by atoms with Crippen molar-refractivity contribution < 1.29 is 22.7 Å². The van der Waals surface area contributed by atoms with E-state index in [9.17, 15) is 22.8 Å². The number of nitrogens with zero attached hydrogens (tertiary/aromatic N) is 1. The number of hydrogen-bond acceptors (Lipinski definition) is 3. The van der Waals surface area contributed by atoms with Gasteiger partial charge in [0, 0.05) is 18.8 Å². The van der Waals surface area contributed by atoms with Gasteiger partial charge in [0.25, 0.3) is 5.91 Å². The van der Waals surface area contributed by atoms with Crippen LogP contribution in [0.4, 0.5) is 13.2 Å². The highest BCUT2D eigenvalue weighted by atomic mass is 19.4. The molecule has 5 nitrogen and oxygen atoms in total. The zero-order chi connectivity index (χ0) is 14.0. The molecule has 0 unspecified atom stereocenters. The van der Waals surface area contributed by atoms with Gasteiger partial charge in [0.15, 0.2) is 6.10 Å².